The van der Waals surface area contributed by atoms with Crippen molar-refractivity contribution < 1.29 is 4.79 Å². The van der Waals surface area contributed by atoms with E-state index in [0.29, 0.717) is 18.8 Å². The van der Waals surface area contributed by atoms with Crippen LogP contribution in [-0.2, 0) is 0 Å². The number of rotatable bonds is 4. The molecule has 0 saturated carbocycles. The van der Waals surface area contributed by atoms with Crippen molar-refractivity contribution in [2.24, 2.45) is 0 Å². The first kappa shape index (κ1) is 18.7. The van der Waals surface area contributed by atoms with Crippen molar-refractivity contribution in [1.82, 2.24) is 34.9 Å². The smallest absolute Gasteiger partial charge is 0.274 e. The number of nitrogens with zero attached hydrogens (tertiary/aromatic N) is 9. The molecule has 156 valence electrons. The molecule has 2 fully saturated rings. The van der Waals surface area contributed by atoms with Gasteiger partial charge in [-0.2, -0.15) is 4.52 Å². The van der Waals surface area contributed by atoms with Gasteiger partial charge in [0.15, 0.2) is 23.0 Å². The lowest BCUT2D eigenvalue weighted by atomic mass is 9.96. The molecule has 10 heteroatoms. The second-order valence-corrected chi connectivity index (χ2v) is 8.10. The van der Waals surface area contributed by atoms with Crippen molar-refractivity contribution in [2.45, 2.75) is 25.2 Å². The number of amides is 1. The van der Waals surface area contributed by atoms with E-state index in [9.17, 15) is 4.79 Å². The summed E-state index contributed by atoms with van der Waals surface area (Å²) in [6.45, 7) is 3.41. The van der Waals surface area contributed by atoms with Gasteiger partial charge in [0.2, 0.25) is 0 Å². The molecule has 5 heterocycles. The van der Waals surface area contributed by atoms with E-state index in [1.807, 2.05) is 46.6 Å². The Balaban J connectivity index is 1.28. The highest BCUT2D eigenvalue weighted by molar-refractivity contribution is 5.92. The predicted molar refractivity (Wildman–Crippen MR) is 112 cm³/mol. The van der Waals surface area contributed by atoms with Crippen molar-refractivity contribution >= 4 is 23.2 Å². The molecule has 30 heavy (non-hydrogen) atoms. The average Bonchev–Trinajstić information content (AvgIpc) is 3.15. The zero-order valence-corrected chi connectivity index (χ0v) is 17.3. The topological polar surface area (TPSA) is 95.7 Å². The fourth-order valence-corrected chi connectivity index (χ4v) is 3.94. The lowest BCUT2D eigenvalue weighted by Crippen LogP contribution is -2.39. The fraction of sp³-hybridized carbons (Fsp3) is 0.500. The number of piperidine rings is 1. The molecule has 2 aliphatic rings. The zero-order chi connectivity index (χ0) is 20.7. The summed E-state index contributed by atoms with van der Waals surface area (Å²) in [7, 11) is 3.79. The van der Waals surface area contributed by atoms with Crippen molar-refractivity contribution in [3.05, 3.63) is 35.8 Å². The van der Waals surface area contributed by atoms with Crippen LogP contribution in [-0.4, -0.2) is 81.1 Å². The van der Waals surface area contributed by atoms with Gasteiger partial charge < -0.3 is 14.7 Å². The molecule has 1 amide bonds. The normalized spacial score (nSPS) is 17.3. The molecule has 0 radical (unpaired) electrons. The van der Waals surface area contributed by atoms with E-state index in [0.717, 1.165) is 49.0 Å². The van der Waals surface area contributed by atoms with Gasteiger partial charge in [-0.15, -0.1) is 25.5 Å². The van der Waals surface area contributed by atoms with Gasteiger partial charge in [-0.3, -0.25) is 4.79 Å². The van der Waals surface area contributed by atoms with E-state index < -0.39 is 0 Å². The summed E-state index contributed by atoms with van der Waals surface area (Å²) in [4.78, 5) is 18.8. The van der Waals surface area contributed by atoms with E-state index in [-0.39, 0.29) is 11.8 Å². The Morgan fingerprint density at radius 3 is 2.40 bits per heavy atom. The Morgan fingerprint density at radius 1 is 0.967 bits per heavy atom. The van der Waals surface area contributed by atoms with Crippen LogP contribution in [0.1, 0.15) is 41.5 Å². The summed E-state index contributed by atoms with van der Waals surface area (Å²) in [5, 5.41) is 21.7. The largest absolute Gasteiger partial charge is 0.361 e. The standard InChI is InChI=1S/C20H25N9O/c1-26(2)16-5-4-15(21-22-16)20(30)28-12-8-14(9-13-28)19-24-23-17-6-7-18(25-29(17)19)27-10-3-11-27/h4-7,14H,3,8-13H2,1-2H3. The summed E-state index contributed by atoms with van der Waals surface area (Å²) in [6, 6.07) is 7.55. The maximum absolute atomic E-state index is 12.8. The first-order valence-electron chi connectivity index (χ1n) is 10.4. The number of anilines is 2. The Bertz CT molecular complexity index is 1050. The molecular formula is C20H25N9O. The quantitative estimate of drug-likeness (QED) is 0.637. The number of likely N-dealkylation sites (tertiary alicyclic amines) is 1. The minimum Gasteiger partial charge on any atom is -0.361 e. The van der Waals surface area contributed by atoms with Crippen molar-refractivity contribution in [3.63, 3.8) is 0 Å². The predicted octanol–water partition coefficient (Wildman–Crippen LogP) is 1.21. The molecule has 2 saturated heterocycles. The molecule has 3 aromatic rings. The van der Waals surface area contributed by atoms with Crippen LogP contribution < -0.4 is 9.80 Å². The Labute approximate surface area is 174 Å². The second-order valence-electron chi connectivity index (χ2n) is 8.10. The molecule has 10 nitrogen and oxygen atoms in total. The van der Waals surface area contributed by atoms with Crippen LogP contribution in [0.5, 0.6) is 0 Å². The lowest BCUT2D eigenvalue weighted by Gasteiger charge is -2.32. The van der Waals surface area contributed by atoms with Gasteiger partial charge in [0.25, 0.3) is 5.91 Å². The highest BCUT2D eigenvalue weighted by atomic mass is 16.2. The third-order valence-electron chi connectivity index (χ3n) is 5.93. The lowest BCUT2D eigenvalue weighted by molar-refractivity contribution is 0.0703. The molecule has 0 N–H and O–H groups in total. The van der Waals surface area contributed by atoms with Gasteiger partial charge in [-0.25, -0.2) is 0 Å². The average molecular weight is 407 g/mol. The summed E-state index contributed by atoms with van der Waals surface area (Å²) in [5.41, 5.74) is 1.15. The Morgan fingerprint density at radius 2 is 1.77 bits per heavy atom. The zero-order valence-electron chi connectivity index (χ0n) is 17.3. The SMILES string of the molecule is CN(C)c1ccc(C(=O)N2CCC(c3nnc4ccc(N5CCC5)nn34)CC2)nn1. The fourth-order valence-electron chi connectivity index (χ4n) is 3.94. The van der Waals surface area contributed by atoms with Crippen LogP contribution in [0.25, 0.3) is 5.65 Å². The van der Waals surface area contributed by atoms with Crippen LogP contribution >= 0.6 is 0 Å². The van der Waals surface area contributed by atoms with E-state index in [1.54, 1.807) is 6.07 Å². The van der Waals surface area contributed by atoms with Gasteiger partial charge in [-0.05, 0) is 43.5 Å². The monoisotopic (exact) mass is 407 g/mol. The molecule has 0 spiro atoms. The van der Waals surface area contributed by atoms with Gasteiger partial charge in [0, 0.05) is 46.2 Å². The molecule has 0 aliphatic carbocycles. The van der Waals surface area contributed by atoms with Gasteiger partial charge in [0.05, 0.1) is 0 Å². The maximum atomic E-state index is 12.8. The Kier molecular flexibility index (Phi) is 4.68. The second kappa shape index (κ2) is 7.51. The van der Waals surface area contributed by atoms with Crippen LogP contribution in [0.3, 0.4) is 0 Å². The summed E-state index contributed by atoms with van der Waals surface area (Å²) in [6.07, 6.45) is 2.86. The molecule has 3 aromatic heterocycles. The molecule has 0 unspecified atom stereocenters. The van der Waals surface area contributed by atoms with Crippen LogP contribution in [0.15, 0.2) is 24.3 Å². The van der Waals surface area contributed by atoms with Crippen LogP contribution in [0.4, 0.5) is 11.6 Å². The third-order valence-corrected chi connectivity index (χ3v) is 5.93. The van der Waals surface area contributed by atoms with E-state index >= 15 is 0 Å². The number of hydrogen-bond donors (Lipinski definition) is 0. The molecule has 0 bridgehead atoms. The number of carbonyl (C=O) groups excluding carboxylic acids is 1. The van der Waals surface area contributed by atoms with Gasteiger partial charge in [-0.1, -0.05) is 0 Å². The highest BCUT2D eigenvalue weighted by Crippen LogP contribution is 2.28. The number of hydrogen-bond acceptors (Lipinski definition) is 8. The number of aromatic nitrogens is 6. The molecule has 0 atom stereocenters. The summed E-state index contributed by atoms with van der Waals surface area (Å²) < 4.78 is 1.88. The summed E-state index contributed by atoms with van der Waals surface area (Å²) in [5.74, 6) is 2.74. The molecular weight excluding hydrogens is 382 g/mol. The minimum atomic E-state index is -0.0736. The van der Waals surface area contributed by atoms with Gasteiger partial charge >= 0.3 is 0 Å². The van der Waals surface area contributed by atoms with E-state index in [1.165, 1.54) is 6.42 Å². The maximum Gasteiger partial charge on any atom is 0.274 e. The van der Waals surface area contributed by atoms with Crippen LogP contribution in [0.2, 0.25) is 0 Å². The number of carbonyl (C=O) groups is 1. The molecule has 5 rings (SSSR count). The minimum absolute atomic E-state index is 0.0736. The number of fused-ring (bicyclic) bond motifs is 1. The Hall–Kier alpha value is -3.30. The van der Waals surface area contributed by atoms with E-state index in [2.05, 4.69) is 25.3 Å². The summed E-state index contributed by atoms with van der Waals surface area (Å²) >= 11 is 0. The first-order valence-corrected chi connectivity index (χ1v) is 10.4. The highest BCUT2D eigenvalue weighted by Gasteiger charge is 2.29. The molecule has 2 aliphatic heterocycles. The van der Waals surface area contributed by atoms with Gasteiger partial charge in [0.1, 0.15) is 5.82 Å². The first-order chi connectivity index (χ1) is 14.6. The van der Waals surface area contributed by atoms with Crippen molar-refractivity contribution in [1.29, 1.82) is 0 Å². The van der Waals surface area contributed by atoms with E-state index in [4.69, 9.17) is 5.10 Å². The van der Waals surface area contributed by atoms with Crippen molar-refractivity contribution in [3.8, 4) is 0 Å². The third kappa shape index (κ3) is 3.31. The molecule has 0 aromatic carbocycles. The van der Waals surface area contributed by atoms with Crippen molar-refractivity contribution in [2.75, 3.05) is 50.1 Å². The van der Waals surface area contributed by atoms with Crippen LogP contribution in [0, 0.1) is 0 Å².